The Hall–Kier alpha value is -3.20. The highest BCUT2D eigenvalue weighted by molar-refractivity contribution is 7.89. The van der Waals surface area contributed by atoms with Gasteiger partial charge in [-0.2, -0.15) is 0 Å². The molecular formula is C19H24N2O10S2. The van der Waals surface area contributed by atoms with Crippen molar-refractivity contribution in [3.05, 3.63) is 47.5 Å². The lowest BCUT2D eigenvalue weighted by Gasteiger charge is -2.08. The van der Waals surface area contributed by atoms with Gasteiger partial charge in [-0.05, 0) is 35.4 Å². The Balaban J connectivity index is 0.000000331. The van der Waals surface area contributed by atoms with Crippen LogP contribution in [0.15, 0.2) is 46.2 Å². The largest absolute Gasteiger partial charge is 0.495 e. The van der Waals surface area contributed by atoms with Crippen LogP contribution in [0.5, 0.6) is 11.5 Å². The van der Waals surface area contributed by atoms with Gasteiger partial charge >= 0.3 is 11.9 Å². The van der Waals surface area contributed by atoms with Crippen molar-refractivity contribution in [1.29, 1.82) is 0 Å². The van der Waals surface area contributed by atoms with Crippen molar-refractivity contribution in [2.24, 2.45) is 10.3 Å². The highest BCUT2D eigenvalue weighted by Gasteiger charge is 2.17. The number of benzene rings is 2. The van der Waals surface area contributed by atoms with Gasteiger partial charge in [-0.3, -0.25) is 9.59 Å². The van der Waals surface area contributed by atoms with Gasteiger partial charge in [-0.25, -0.2) is 27.1 Å². The van der Waals surface area contributed by atoms with Crippen molar-refractivity contribution < 1.29 is 45.7 Å². The summed E-state index contributed by atoms with van der Waals surface area (Å²) in [6.45, 7) is 0. The number of rotatable bonds is 8. The topological polar surface area (TPSA) is 202 Å². The van der Waals surface area contributed by atoms with Crippen molar-refractivity contribution in [2.45, 2.75) is 22.6 Å². The van der Waals surface area contributed by atoms with Gasteiger partial charge in [0.25, 0.3) is 0 Å². The smallest absolute Gasteiger partial charge is 0.309 e. The van der Waals surface area contributed by atoms with Crippen LogP contribution < -0.4 is 19.8 Å². The summed E-state index contributed by atoms with van der Waals surface area (Å²) >= 11 is 0. The van der Waals surface area contributed by atoms with Gasteiger partial charge in [0.15, 0.2) is 0 Å². The van der Waals surface area contributed by atoms with Gasteiger partial charge < -0.3 is 19.3 Å². The molecule has 2 rings (SSSR count). The van der Waals surface area contributed by atoms with E-state index in [0.717, 1.165) is 0 Å². The van der Waals surface area contributed by atoms with Gasteiger partial charge in [0.05, 0.1) is 34.2 Å². The standard InChI is InChI=1S/C10H13NO5S.C9H11NO5S/c1-15-8-5-7(6-10(12)16-2)3-4-9(8)17(11,13)14;1-15-7-4-6(5-9(11)12)2-3-8(7)16(10,13)14/h3-5H,6H2,1-2H3,(H2,11,13,14);2-4H,5H2,1H3,(H,11,12)(H2,10,13,14). The highest BCUT2D eigenvalue weighted by Crippen LogP contribution is 2.25. The zero-order valence-corrected chi connectivity index (χ0v) is 19.6. The van der Waals surface area contributed by atoms with Crippen LogP contribution in [0.25, 0.3) is 0 Å². The lowest BCUT2D eigenvalue weighted by molar-refractivity contribution is -0.140. The first kappa shape index (κ1) is 27.8. The molecular weight excluding hydrogens is 480 g/mol. The molecule has 0 radical (unpaired) electrons. The maximum atomic E-state index is 11.2. The summed E-state index contributed by atoms with van der Waals surface area (Å²) in [5.74, 6) is -1.28. The number of hydrogen-bond acceptors (Lipinski definition) is 9. The molecule has 0 spiro atoms. The number of carbonyl (C=O) groups excluding carboxylic acids is 1. The van der Waals surface area contributed by atoms with E-state index in [9.17, 15) is 26.4 Å². The Morgan fingerprint density at radius 2 is 1.18 bits per heavy atom. The van der Waals surface area contributed by atoms with Crippen molar-refractivity contribution in [1.82, 2.24) is 0 Å². The zero-order valence-electron chi connectivity index (χ0n) is 18.0. The number of aliphatic carboxylic acids is 1. The second-order valence-corrected chi connectivity index (χ2v) is 9.44. The first-order valence-corrected chi connectivity index (χ1v) is 12.0. The predicted molar refractivity (Wildman–Crippen MR) is 116 cm³/mol. The summed E-state index contributed by atoms with van der Waals surface area (Å²) in [4.78, 5) is 21.2. The average Bonchev–Trinajstić information content (AvgIpc) is 2.71. The molecule has 2 aromatic rings. The Kier molecular flexibility index (Phi) is 9.79. The number of carbonyl (C=O) groups is 2. The van der Waals surface area contributed by atoms with Gasteiger partial charge in [-0.15, -0.1) is 0 Å². The Bertz CT molecular complexity index is 1230. The van der Waals surface area contributed by atoms with Crippen LogP contribution in [0.3, 0.4) is 0 Å². The fourth-order valence-corrected chi connectivity index (χ4v) is 3.89. The van der Waals surface area contributed by atoms with Crippen molar-refractivity contribution in [3.63, 3.8) is 0 Å². The molecule has 0 aliphatic heterocycles. The maximum absolute atomic E-state index is 11.2. The number of hydrogen-bond donors (Lipinski definition) is 3. The molecule has 0 fully saturated rings. The van der Waals surface area contributed by atoms with E-state index < -0.39 is 32.0 Å². The molecule has 182 valence electrons. The quantitative estimate of drug-likeness (QED) is 0.411. The minimum Gasteiger partial charge on any atom is -0.495 e. The van der Waals surface area contributed by atoms with Crippen LogP contribution in [0.4, 0.5) is 0 Å². The number of sulfonamides is 2. The minimum absolute atomic E-state index is 0.0394. The molecule has 14 heteroatoms. The second kappa shape index (κ2) is 11.6. The fraction of sp³-hybridized carbons (Fsp3) is 0.263. The number of ether oxygens (including phenoxy) is 3. The fourth-order valence-electron chi connectivity index (χ4n) is 2.53. The molecule has 0 unspecified atom stereocenters. The summed E-state index contributed by atoms with van der Waals surface area (Å²) < 4.78 is 58.9. The molecule has 2 aromatic carbocycles. The Morgan fingerprint density at radius 3 is 1.48 bits per heavy atom. The summed E-state index contributed by atoms with van der Waals surface area (Å²) in [5, 5.41) is 18.5. The zero-order chi connectivity index (χ0) is 25.4. The van der Waals surface area contributed by atoms with Crippen molar-refractivity contribution >= 4 is 32.0 Å². The number of nitrogens with two attached hydrogens (primary N) is 2. The third-order valence-electron chi connectivity index (χ3n) is 4.00. The van der Waals surface area contributed by atoms with E-state index >= 15 is 0 Å². The van der Waals surface area contributed by atoms with Crippen LogP contribution >= 0.6 is 0 Å². The number of esters is 1. The van der Waals surface area contributed by atoms with Crippen molar-refractivity contribution in [3.8, 4) is 11.5 Å². The lowest BCUT2D eigenvalue weighted by atomic mass is 10.1. The number of carboxylic acid groups (broad SMARTS) is 1. The molecule has 12 nitrogen and oxygen atoms in total. The van der Waals surface area contributed by atoms with Crippen LogP contribution in [0, 0.1) is 0 Å². The van der Waals surface area contributed by atoms with Gasteiger partial charge in [0, 0.05) is 0 Å². The average molecular weight is 505 g/mol. The summed E-state index contributed by atoms with van der Waals surface area (Å²) in [6.07, 6.45) is -0.168. The third-order valence-corrected chi connectivity index (χ3v) is 5.90. The molecule has 0 bridgehead atoms. The van der Waals surface area contributed by atoms with Gasteiger partial charge in [0.1, 0.15) is 21.3 Å². The minimum atomic E-state index is -3.86. The molecule has 0 heterocycles. The van der Waals surface area contributed by atoms with E-state index in [1.165, 1.54) is 57.7 Å². The van der Waals surface area contributed by atoms with Crippen LogP contribution in [-0.4, -0.2) is 55.2 Å². The Labute approximate surface area is 191 Å². The molecule has 0 aliphatic rings. The molecule has 0 amide bonds. The number of primary sulfonamides is 2. The monoisotopic (exact) mass is 504 g/mol. The third kappa shape index (κ3) is 8.69. The number of methoxy groups -OCH3 is 3. The van der Waals surface area contributed by atoms with E-state index in [-0.39, 0.29) is 34.1 Å². The van der Waals surface area contributed by atoms with E-state index in [0.29, 0.717) is 11.1 Å². The van der Waals surface area contributed by atoms with Crippen LogP contribution in [0.1, 0.15) is 11.1 Å². The molecule has 5 N–H and O–H groups in total. The van der Waals surface area contributed by atoms with E-state index in [1.54, 1.807) is 0 Å². The Morgan fingerprint density at radius 1 is 0.788 bits per heavy atom. The van der Waals surface area contributed by atoms with Crippen LogP contribution in [-0.2, 0) is 47.2 Å². The lowest BCUT2D eigenvalue weighted by Crippen LogP contribution is -2.14. The van der Waals surface area contributed by atoms with Gasteiger partial charge in [-0.1, -0.05) is 12.1 Å². The predicted octanol–water partition coefficient (Wildman–Crippen LogP) is 0.0278. The molecule has 0 atom stereocenters. The van der Waals surface area contributed by atoms with Crippen molar-refractivity contribution in [2.75, 3.05) is 21.3 Å². The maximum Gasteiger partial charge on any atom is 0.309 e. The first-order valence-electron chi connectivity index (χ1n) is 8.91. The van der Waals surface area contributed by atoms with E-state index in [2.05, 4.69) is 4.74 Å². The SMILES string of the molecule is COC(=O)Cc1ccc(S(N)(=O)=O)c(OC)c1.COc1cc(CC(=O)O)ccc1S(N)(=O)=O. The summed E-state index contributed by atoms with van der Waals surface area (Å²) in [5.41, 5.74) is 1.03. The molecule has 0 saturated carbocycles. The normalized spacial score (nSPS) is 11.1. The highest BCUT2D eigenvalue weighted by atomic mass is 32.2. The second-order valence-electron chi connectivity index (χ2n) is 6.38. The number of carboxylic acids is 1. The first-order chi connectivity index (χ1) is 15.2. The van der Waals surface area contributed by atoms with Crippen LogP contribution in [0.2, 0.25) is 0 Å². The molecule has 0 saturated heterocycles. The van der Waals surface area contributed by atoms with E-state index in [1.807, 2.05) is 0 Å². The van der Waals surface area contributed by atoms with E-state index in [4.69, 9.17) is 24.9 Å². The molecule has 0 aliphatic carbocycles. The summed E-state index contributed by atoms with van der Waals surface area (Å²) in [7, 11) is -3.81. The summed E-state index contributed by atoms with van der Waals surface area (Å²) in [6, 6.07) is 8.18. The molecule has 33 heavy (non-hydrogen) atoms. The molecule has 0 aromatic heterocycles. The van der Waals surface area contributed by atoms with Gasteiger partial charge in [0.2, 0.25) is 20.0 Å².